The van der Waals surface area contributed by atoms with Gasteiger partial charge in [-0.2, -0.15) is 4.68 Å². The van der Waals surface area contributed by atoms with Crippen LogP contribution in [0, 0.1) is 18.2 Å². The molecular formula is C20H29FN4O3. The summed E-state index contributed by atoms with van der Waals surface area (Å²) in [6.07, 6.45) is 2.25. The number of aliphatic hydroxyl groups excluding tert-OH is 1. The lowest BCUT2D eigenvalue weighted by molar-refractivity contribution is 0.214. The Bertz CT molecular complexity index is 1020. The van der Waals surface area contributed by atoms with Gasteiger partial charge in [-0.05, 0) is 44.6 Å². The van der Waals surface area contributed by atoms with Gasteiger partial charge in [0.25, 0.3) is 5.56 Å². The molecule has 1 aromatic heterocycles. The molecule has 0 saturated heterocycles. The van der Waals surface area contributed by atoms with Crippen molar-refractivity contribution in [3.05, 3.63) is 38.3 Å². The molecule has 28 heavy (non-hydrogen) atoms. The Labute approximate surface area is 163 Å². The van der Waals surface area contributed by atoms with Crippen LogP contribution >= 0.6 is 0 Å². The predicted octanol–water partition coefficient (Wildman–Crippen LogP) is 1.89. The first-order chi connectivity index (χ1) is 13.1. The van der Waals surface area contributed by atoms with E-state index in [-0.39, 0.29) is 23.4 Å². The third-order valence-electron chi connectivity index (χ3n) is 5.58. The maximum Gasteiger partial charge on any atom is 0.350 e. The van der Waals surface area contributed by atoms with Gasteiger partial charge in [-0.25, -0.2) is 9.18 Å². The first-order valence-electron chi connectivity index (χ1n) is 9.74. The van der Waals surface area contributed by atoms with Crippen molar-refractivity contribution in [2.75, 3.05) is 30.4 Å². The Kier molecular flexibility index (Phi) is 5.27. The van der Waals surface area contributed by atoms with Crippen LogP contribution in [0.25, 0.3) is 10.9 Å². The summed E-state index contributed by atoms with van der Waals surface area (Å²) < 4.78 is 17.3. The molecule has 1 heterocycles. The maximum absolute atomic E-state index is 15.2. The molecule has 1 aromatic carbocycles. The normalized spacial score (nSPS) is 14.6. The summed E-state index contributed by atoms with van der Waals surface area (Å²) in [4.78, 5) is 27.1. The fourth-order valence-corrected chi connectivity index (χ4v) is 3.97. The van der Waals surface area contributed by atoms with Gasteiger partial charge in [0.05, 0.1) is 16.6 Å². The van der Waals surface area contributed by atoms with E-state index in [0.29, 0.717) is 41.0 Å². The molecule has 1 saturated carbocycles. The Balaban J connectivity index is 2.27. The van der Waals surface area contributed by atoms with Crippen LogP contribution in [0.15, 0.2) is 15.7 Å². The Morgan fingerprint density at radius 1 is 1.36 bits per heavy atom. The highest BCUT2D eigenvalue weighted by molar-refractivity contribution is 5.87. The number of halogens is 1. The quantitative estimate of drug-likeness (QED) is 0.702. The van der Waals surface area contributed by atoms with E-state index in [2.05, 4.69) is 0 Å². The summed E-state index contributed by atoms with van der Waals surface area (Å²) >= 11 is 0. The molecule has 0 aliphatic heterocycles. The highest BCUT2D eigenvalue weighted by Gasteiger charge is 2.31. The summed E-state index contributed by atoms with van der Waals surface area (Å²) in [6.45, 7) is 8.88. The second-order valence-corrected chi connectivity index (χ2v) is 8.44. The topological polar surface area (TPSA) is 93.5 Å². The molecular weight excluding hydrogens is 363 g/mol. The number of aromatic nitrogens is 2. The molecule has 0 radical (unpaired) electrons. The third kappa shape index (κ3) is 3.41. The molecule has 2 aromatic rings. The fraction of sp³-hybridized carbons (Fsp3) is 0.600. The lowest BCUT2D eigenvalue weighted by atomic mass is 9.88. The molecule has 8 heteroatoms. The molecule has 0 spiro atoms. The van der Waals surface area contributed by atoms with Crippen LogP contribution in [-0.2, 0) is 0 Å². The standard InChI is InChI=1S/C20H29FN4O3/c1-5-23(11-20(3,4)8-9-26)17-12(2)16-14(10-15(17)21)18(27)25(22)19(28)24(16)13-6-7-13/h10,13,26H,5-9,11,22H2,1-4H3. The van der Waals surface area contributed by atoms with Crippen LogP contribution in [0.4, 0.5) is 10.1 Å². The minimum absolute atomic E-state index is 0.0108. The minimum Gasteiger partial charge on any atom is -0.396 e. The number of hydrogen-bond donors (Lipinski definition) is 2. The zero-order valence-electron chi connectivity index (χ0n) is 17.0. The van der Waals surface area contributed by atoms with Gasteiger partial charge in [-0.3, -0.25) is 9.36 Å². The largest absolute Gasteiger partial charge is 0.396 e. The minimum atomic E-state index is -0.686. The summed E-state index contributed by atoms with van der Waals surface area (Å²) in [7, 11) is 0. The van der Waals surface area contributed by atoms with Gasteiger partial charge in [0, 0.05) is 31.3 Å². The van der Waals surface area contributed by atoms with E-state index in [9.17, 15) is 14.7 Å². The van der Waals surface area contributed by atoms with Crippen LogP contribution in [0.5, 0.6) is 0 Å². The molecule has 1 fully saturated rings. The van der Waals surface area contributed by atoms with E-state index >= 15 is 4.39 Å². The molecule has 0 bridgehead atoms. The number of rotatable bonds is 7. The van der Waals surface area contributed by atoms with E-state index in [0.717, 1.165) is 12.8 Å². The Hall–Kier alpha value is -2.35. The lowest BCUT2D eigenvalue weighted by Gasteiger charge is -2.34. The molecule has 7 nitrogen and oxygen atoms in total. The molecule has 1 aliphatic rings. The van der Waals surface area contributed by atoms with Gasteiger partial charge in [0.15, 0.2) is 0 Å². The van der Waals surface area contributed by atoms with E-state index in [4.69, 9.17) is 5.84 Å². The van der Waals surface area contributed by atoms with Gasteiger partial charge in [-0.1, -0.05) is 13.8 Å². The molecule has 0 unspecified atom stereocenters. The number of nitrogen functional groups attached to an aromatic ring is 1. The van der Waals surface area contributed by atoms with Crippen molar-refractivity contribution < 1.29 is 9.50 Å². The van der Waals surface area contributed by atoms with Crippen molar-refractivity contribution in [1.29, 1.82) is 0 Å². The SMILES string of the molecule is CCN(CC(C)(C)CCO)c1c(F)cc2c(=O)n(N)c(=O)n(C3CC3)c2c1C. The van der Waals surface area contributed by atoms with Crippen molar-refractivity contribution in [2.24, 2.45) is 5.41 Å². The second-order valence-electron chi connectivity index (χ2n) is 8.44. The van der Waals surface area contributed by atoms with Gasteiger partial charge >= 0.3 is 5.69 Å². The van der Waals surface area contributed by atoms with Crippen LogP contribution in [0.3, 0.4) is 0 Å². The van der Waals surface area contributed by atoms with E-state index in [1.807, 2.05) is 25.7 Å². The molecule has 1 aliphatic carbocycles. The highest BCUT2D eigenvalue weighted by atomic mass is 19.1. The summed E-state index contributed by atoms with van der Waals surface area (Å²) in [6, 6.07) is 1.19. The van der Waals surface area contributed by atoms with E-state index in [1.54, 1.807) is 11.5 Å². The lowest BCUT2D eigenvalue weighted by Crippen LogP contribution is -2.45. The van der Waals surface area contributed by atoms with Gasteiger partial charge in [0.1, 0.15) is 5.82 Å². The molecule has 0 amide bonds. The van der Waals surface area contributed by atoms with E-state index in [1.165, 1.54) is 6.07 Å². The molecule has 3 N–H and O–H groups in total. The number of hydrogen-bond acceptors (Lipinski definition) is 5. The van der Waals surface area contributed by atoms with Gasteiger partial charge in [-0.15, -0.1) is 0 Å². The fourth-order valence-electron chi connectivity index (χ4n) is 3.97. The van der Waals surface area contributed by atoms with Gasteiger partial charge < -0.3 is 15.8 Å². The van der Waals surface area contributed by atoms with E-state index < -0.39 is 17.1 Å². The number of benzene rings is 1. The van der Waals surface area contributed by atoms with Crippen molar-refractivity contribution in [2.45, 2.75) is 53.0 Å². The maximum atomic E-state index is 15.2. The third-order valence-corrected chi connectivity index (χ3v) is 5.58. The predicted molar refractivity (Wildman–Crippen MR) is 109 cm³/mol. The first kappa shape index (κ1) is 20.4. The molecule has 3 rings (SSSR count). The Morgan fingerprint density at radius 2 is 2.00 bits per heavy atom. The van der Waals surface area contributed by atoms with Crippen molar-refractivity contribution in [1.82, 2.24) is 9.24 Å². The van der Waals surface area contributed by atoms with Crippen LogP contribution < -0.4 is 22.0 Å². The summed E-state index contributed by atoms with van der Waals surface area (Å²) in [5, 5.41) is 9.44. The second kappa shape index (κ2) is 7.24. The van der Waals surface area contributed by atoms with Crippen molar-refractivity contribution in [3.63, 3.8) is 0 Å². The summed E-state index contributed by atoms with van der Waals surface area (Å²) in [5.41, 5.74) is -0.0510. The number of anilines is 1. The average Bonchev–Trinajstić information content (AvgIpc) is 3.44. The zero-order valence-corrected chi connectivity index (χ0v) is 17.0. The van der Waals surface area contributed by atoms with Crippen LogP contribution in [0.2, 0.25) is 0 Å². The number of fused-ring (bicyclic) bond motifs is 1. The zero-order chi connectivity index (χ0) is 20.8. The first-order valence-corrected chi connectivity index (χ1v) is 9.74. The number of aryl methyl sites for hydroxylation is 1. The monoisotopic (exact) mass is 392 g/mol. The highest BCUT2D eigenvalue weighted by Crippen LogP contribution is 2.39. The van der Waals surface area contributed by atoms with Crippen LogP contribution in [0.1, 0.15) is 51.6 Å². The van der Waals surface area contributed by atoms with Crippen molar-refractivity contribution in [3.8, 4) is 0 Å². The molecule has 0 atom stereocenters. The Morgan fingerprint density at radius 3 is 2.54 bits per heavy atom. The van der Waals surface area contributed by atoms with Crippen LogP contribution in [-0.4, -0.2) is 34.0 Å². The van der Waals surface area contributed by atoms with Gasteiger partial charge in [0.2, 0.25) is 0 Å². The molecule has 154 valence electrons. The number of nitrogens with two attached hydrogens (primary N) is 1. The van der Waals surface area contributed by atoms with Crippen molar-refractivity contribution >= 4 is 16.6 Å². The smallest absolute Gasteiger partial charge is 0.350 e. The summed E-state index contributed by atoms with van der Waals surface area (Å²) in [5.74, 6) is 5.16. The number of nitrogens with zero attached hydrogens (tertiary/aromatic N) is 3. The average molecular weight is 392 g/mol. The number of aliphatic hydroxyl groups is 1.